The van der Waals surface area contributed by atoms with Gasteiger partial charge in [-0.15, -0.1) is 0 Å². The number of rotatable bonds is 4. The Bertz CT molecular complexity index is 287. The third kappa shape index (κ3) is 7.25. The largest absolute Gasteiger partial charge is 0.481 e. The lowest BCUT2D eigenvalue weighted by molar-refractivity contribution is -0.144. The van der Waals surface area contributed by atoms with E-state index >= 15 is 0 Å². The number of hydrogen-bond acceptors (Lipinski definition) is 5. The molecule has 0 aliphatic carbocycles. The lowest BCUT2D eigenvalue weighted by Crippen LogP contribution is -2.32. The van der Waals surface area contributed by atoms with Crippen LogP contribution in [0.5, 0.6) is 0 Å². The molecule has 0 aromatic heterocycles. The van der Waals surface area contributed by atoms with Crippen LogP contribution < -0.4 is 11.1 Å². The zero-order chi connectivity index (χ0) is 13.4. The van der Waals surface area contributed by atoms with Crippen LogP contribution in [0.1, 0.15) is 19.3 Å². The van der Waals surface area contributed by atoms with Crippen LogP contribution in [0.2, 0.25) is 0 Å². The summed E-state index contributed by atoms with van der Waals surface area (Å²) in [6, 6.07) is -1.56. The summed E-state index contributed by atoms with van der Waals surface area (Å²) in [5, 5.41) is 27.2. The van der Waals surface area contributed by atoms with E-state index < -0.39 is 30.4 Å². The lowest BCUT2D eigenvalue weighted by Gasteiger charge is -1.99. The Morgan fingerprint density at radius 3 is 2.06 bits per heavy atom. The van der Waals surface area contributed by atoms with Crippen LogP contribution >= 0.6 is 0 Å². The summed E-state index contributed by atoms with van der Waals surface area (Å²) in [5.41, 5.74) is 4.84. The Morgan fingerprint density at radius 1 is 1.29 bits per heavy atom. The standard InChI is InChI=1S/C5H9NO2.C4H7NO4/c7-5(8)4-2-1-3-6-4;5-2(4(8)9)1-3(6)7/h4,6H,1-3H2,(H,7,8);2H,1,5H2,(H,6,7)(H,8,9). The van der Waals surface area contributed by atoms with Gasteiger partial charge in [0.2, 0.25) is 0 Å². The van der Waals surface area contributed by atoms with Crippen LogP contribution in [0.3, 0.4) is 0 Å². The second kappa shape index (κ2) is 7.58. The van der Waals surface area contributed by atoms with Gasteiger partial charge in [-0.3, -0.25) is 14.4 Å². The highest BCUT2D eigenvalue weighted by atomic mass is 16.4. The molecule has 6 N–H and O–H groups in total. The zero-order valence-electron chi connectivity index (χ0n) is 9.13. The van der Waals surface area contributed by atoms with Crippen LogP contribution in [-0.2, 0) is 14.4 Å². The van der Waals surface area contributed by atoms with Crippen LogP contribution in [0.4, 0.5) is 0 Å². The third-order valence-electron chi connectivity index (χ3n) is 2.07. The summed E-state index contributed by atoms with van der Waals surface area (Å²) in [7, 11) is 0. The molecule has 1 heterocycles. The van der Waals surface area contributed by atoms with Crippen LogP contribution in [0, 0.1) is 0 Å². The van der Waals surface area contributed by atoms with Gasteiger partial charge < -0.3 is 26.4 Å². The first kappa shape index (κ1) is 15.3. The Hall–Kier alpha value is -1.67. The summed E-state index contributed by atoms with van der Waals surface area (Å²) in [4.78, 5) is 29.8. The van der Waals surface area contributed by atoms with Crippen molar-refractivity contribution in [2.45, 2.75) is 31.3 Å². The van der Waals surface area contributed by atoms with Gasteiger partial charge in [-0.1, -0.05) is 0 Å². The quantitative estimate of drug-likeness (QED) is 0.411. The van der Waals surface area contributed by atoms with Crippen LogP contribution in [0.15, 0.2) is 0 Å². The van der Waals surface area contributed by atoms with E-state index in [4.69, 9.17) is 21.1 Å². The summed E-state index contributed by atoms with van der Waals surface area (Å²) in [5.74, 6) is -3.22. The number of aliphatic carboxylic acids is 3. The van der Waals surface area contributed by atoms with Crippen molar-refractivity contribution in [3.63, 3.8) is 0 Å². The molecule has 1 aliphatic rings. The van der Waals surface area contributed by atoms with E-state index in [2.05, 4.69) is 5.32 Å². The topological polar surface area (TPSA) is 150 Å². The molecule has 0 amide bonds. The molecule has 8 heteroatoms. The van der Waals surface area contributed by atoms with Crippen molar-refractivity contribution in [3.05, 3.63) is 0 Å². The maximum atomic E-state index is 10.1. The summed E-state index contributed by atoms with van der Waals surface area (Å²) < 4.78 is 0. The van der Waals surface area contributed by atoms with Gasteiger partial charge in [-0.2, -0.15) is 0 Å². The molecular weight excluding hydrogens is 232 g/mol. The Morgan fingerprint density at radius 2 is 1.88 bits per heavy atom. The minimum absolute atomic E-state index is 0.269. The predicted molar refractivity (Wildman–Crippen MR) is 56.5 cm³/mol. The molecule has 2 unspecified atom stereocenters. The molecule has 0 saturated carbocycles. The number of carboxylic acids is 3. The number of carbonyl (C=O) groups is 3. The van der Waals surface area contributed by atoms with Gasteiger partial charge in [0.25, 0.3) is 0 Å². The van der Waals surface area contributed by atoms with Crippen molar-refractivity contribution in [1.29, 1.82) is 0 Å². The van der Waals surface area contributed by atoms with E-state index in [1.54, 1.807) is 0 Å². The van der Waals surface area contributed by atoms with Crippen molar-refractivity contribution in [2.75, 3.05) is 6.54 Å². The van der Waals surface area contributed by atoms with Gasteiger partial charge in [0.05, 0.1) is 6.42 Å². The Kier molecular flexibility index (Phi) is 6.83. The first-order chi connectivity index (χ1) is 7.84. The average Bonchev–Trinajstić information content (AvgIpc) is 2.69. The van der Waals surface area contributed by atoms with Crippen molar-refractivity contribution in [1.82, 2.24) is 5.32 Å². The van der Waals surface area contributed by atoms with E-state index in [0.717, 1.165) is 19.4 Å². The van der Waals surface area contributed by atoms with E-state index in [1.165, 1.54) is 0 Å². The van der Waals surface area contributed by atoms with Gasteiger partial charge in [-0.25, -0.2) is 0 Å². The lowest BCUT2D eigenvalue weighted by atomic mass is 10.2. The number of nitrogens with two attached hydrogens (primary N) is 1. The molecule has 0 aromatic carbocycles. The monoisotopic (exact) mass is 248 g/mol. The number of carboxylic acid groups (broad SMARTS) is 3. The summed E-state index contributed by atoms with van der Waals surface area (Å²) in [6.45, 7) is 0.858. The normalized spacial score (nSPS) is 19.9. The molecule has 1 aliphatic heterocycles. The highest BCUT2D eigenvalue weighted by molar-refractivity contribution is 5.80. The predicted octanol–water partition coefficient (Wildman–Crippen LogP) is -1.30. The third-order valence-corrected chi connectivity index (χ3v) is 2.07. The van der Waals surface area contributed by atoms with E-state index in [-0.39, 0.29) is 6.04 Å². The second-order valence-electron chi connectivity index (χ2n) is 3.53. The fraction of sp³-hybridized carbons (Fsp3) is 0.667. The zero-order valence-corrected chi connectivity index (χ0v) is 9.13. The first-order valence-corrected chi connectivity index (χ1v) is 5.01. The molecule has 1 saturated heterocycles. The van der Waals surface area contributed by atoms with Crippen molar-refractivity contribution >= 4 is 17.9 Å². The molecule has 2 atom stereocenters. The minimum atomic E-state index is -1.29. The van der Waals surface area contributed by atoms with E-state index in [0.29, 0.717) is 0 Å². The summed E-state index contributed by atoms with van der Waals surface area (Å²) in [6.07, 6.45) is 1.25. The van der Waals surface area contributed by atoms with Gasteiger partial charge >= 0.3 is 17.9 Å². The molecule has 17 heavy (non-hydrogen) atoms. The molecular formula is C9H16N2O6. The van der Waals surface area contributed by atoms with Crippen molar-refractivity contribution in [3.8, 4) is 0 Å². The van der Waals surface area contributed by atoms with Gasteiger partial charge in [-0.05, 0) is 19.4 Å². The Labute approximate surface area is 97.4 Å². The van der Waals surface area contributed by atoms with E-state index in [9.17, 15) is 14.4 Å². The molecule has 1 fully saturated rings. The van der Waals surface area contributed by atoms with Gasteiger partial charge in [0.1, 0.15) is 12.1 Å². The Balaban J connectivity index is 0.000000302. The fourth-order valence-corrected chi connectivity index (χ4v) is 1.17. The van der Waals surface area contributed by atoms with Gasteiger partial charge in [0.15, 0.2) is 0 Å². The van der Waals surface area contributed by atoms with Crippen LogP contribution in [0.25, 0.3) is 0 Å². The fourth-order valence-electron chi connectivity index (χ4n) is 1.17. The SMILES string of the molecule is NC(CC(=O)O)C(=O)O.O=C(O)C1CCCN1. The highest BCUT2D eigenvalue weighted by Gasteiger charge is 2.20. The molecule has 0 spiro atoms. The molecule has 0 bridgehead atoms. The van der Waals surface area contributed by atoms with E-state index in [1.807, 2.05) is 0 Å². The molecule has 0 aromatic rings. The molecule has 1 rings (SSSR count). The smallest absolute Gasteiger partial charge is 0.321 e. The maximum Gasteiger partial charge on any atom is 0.321 e. The molecule has 98 valence electrons. The number of hydrogen-bond donors (Lipinski definition) is 5. The first-order valence-electron chi connectivity index (χ1n) is 5.01. The average molecular weight is 248 g/mol. The second-order valence-corrected chi connectivity index (χ2v) is 3.53. The van der Waals surface area contributed by atoms with Crippen LogP contribution in [-0.4, -0.2) is 51.9 Å². The molecule has 0 radical (unpaired) electrons. The number of nitrogens with one attached hydrogen (secondary N) is 1. The van der Waals surface area contributed by atoms with Crippen molar-refractivity contribution in [2.24, 2.45) is 5.73 Å². The summed E-state index contributed by atoms with van der Waals surface area (Å²) >= 11 is 0. The maximum absolute atomic E-state index is 10.1. The van der Waals surface area contributed by atoms with Crippen molar-refractivity contribution < 1.29 is 29.7 Å². The highest BCUT2D eigenvalue weighted by Crippen LogP contribution is 2.03. The van der Waals surface area contributed by atoms with Gasteiger partial charge in [0, 0.05) is 0 Å². The molecule has 8 nitrogen and oxygen atoms in total. The minimum Gasteiger partial charge on any atom is -0.481 e.